The van der Waals surface area contributed by atoms with E-state index in [1.165, 1.54) is 7.11 Å². The molecule has 1 saturated heterocycles. The van der Waals surface area contributed by atoms with E-state index in [1.807, 2.05) is 22.6 Å². The number of Topliss-reactive ketones (excluding diaryl/α,β-unsaturated/α-hetero) is 1. The van der Waals surface area contributed by atoms with E-state index in [9.17, 15) is 4.79 Å². The standard InChI is InChI=1S/C12H17IO5/c1-11(15-3)12(2,16-4)18-10-6-8(14)7(13)5-9(10)17-11/h5,9-10H,6H2,1-4H3/t9-,10-,11+,12+/m0/s1. The van der Waals surface area contributed by atoms with E-state index in [4.69, 9.17) is 18.9 Å². The number of methoxy groups -OCH3 is 2. The van der Waals surface area contributed by atoms with Crippen LogP contribution in [0.15, 0.2) is 9.66 Å². The fraction of sp³-hybridized carbons (Fsp3) is 0.750. The summed E-state index contributed by atoms with van der Waals surface area (Å²) in [7, 11) is 3.08. The van der Waals surface area contributed by atoms with Crippen molar-refractivity contribution in [2.24, 2.45) is 0 Å². The molecular formula is C12H17IO5. The summed E-state index contributed by atoms with van der Waals surface area (Å²) in [6, 6.07) is 0. The van der Waals surface area contributed by atoms with Crippen molar-refractivity contribution >= 4 is 28.4 Å². The topological polar surface area (TPSA) is 54.0 Å². The largest absolute Gasteiger partial charge is 0.349 e. The molecule has 2 rings (SSSR count). The van der Waals surface area contributed by atoms with Gasteiger partial charge in [-0.15, -0.1) is 0 Å². The summed E-state index contributed by atoms with van der Waals surface area (Å²) in [5.41, 5.74) is 0. The Kier molecular flexibility index (Phi) is 3.86. The molecule has 0 aromatic carbocycles. The SMILES string of the molecule is CO[C@]1(C)O[C@H]2C=C(I)C(=O)C[C@@H]2O[C@@]1(C)OC. The van der Waals surface area contributed by atoms with E-state index in [2.05, 4.69) is 0 Å². The number of hydrogen-bond donors (Lipinski definition) is 0. The second kappa shape index (κ2) is 4.82. The van der Waals surface area contributed by atoms with Crippen LogP contribution in [0.4, 0.5) is 0 Å². The third-order valence-corrected chi connectivity index (χ3v) is 4.63. The molecule has 0 N–H and O–H groups in total. The Balaban J connectivity index is 2.32. The van der Waals surface area contributed by atoms with E-state index in [-0.39, 0.29) is 18.0 Å². The second-order valence-corrected chi connectivity index (χ2v) is 5.84. The Morgan fingerprint density at radius 3 is 2.39 bits per heavy atom. The number of fused-ring (bicyclic) bond motifs is 1. The van der Waals surface area contributed by atoms with Crippen molar-refractivity contribution in [1.29, 1.82) is 0 Å². The van der Waals surface area contributed by atoms with Crippen LogP contribution in [-0.2, 0) is 23.7 Å². The van der Waals surface area contributed by atoms with Gasteiger partial charge in [-0.3, -0.25) is 4.79 Å². The second-order valence-electron chi connectivity index (χ2n) is 4.68. The van der Waals surface area contributed by atoms with Crippen LogP contribution < -0.4 is 0 Å². The first-order chi connectivity index (χ1) is 8.35. The molecule has 0 unspecified atom stereocenters. The lowest BCUT2D eigenvalue weighted by Crippen LogP contribution is -2.65. The summed E-state index contributed by atoms with van der Waals surface area (Å²) in [5, 5.41) is 0. The van der Waals surface area contributed by atoms with Crippen LogP contribution in [-0.4, -0.2) is 43.8 Å². The molecule has 6 heteroatoms. The van der Waals surface area contributed by atoms with Crippen molar-refractivity contribution in [2.45, 2.75) is 44.1 Å². The molecule has 1 aliphatic heterocycles. The summed E-state index contributed by atoms with van der Waals surface area (Å²) in [6.45, 7) is 3.52. The van der Waals surface area contributed by atoms with Crippen LogP contribution in [0.25, 0.3) is 0 Å². The molecule has 102 valence electrons. The Labute approximate surface area is 120 Å². The van der Waals surface area contributed by atoms with E-state index in [0.717, 1.165) is 0 Å². The number of hydrogen-bond acceptors (Lipinski definition) is 5. The first-order valence-corrected chi connectivity index (χ1v) is 6.79. The lowest BCUT2D eigenvalue weighted by molar-refractivity contribution is -0.442. The van der Waals surface area contributed by atoms with Crippen molar-refractivity contribution in [1.82, 2.24) is 0 Å². The molecule has 2 aliphatic rings. The molecule has 0 radical (unpaired) electrons. The number of rotatable bonds is 2. The highest BCUT2D eigenvalue weighted by molar-refractivity contribution is 14.1. The Morgan fingerprint density at radius 1 is 1.28 bits per heavy atom. The van der Waals surface area contributed by atoms with Gasteiger partial charge in [0.2, 0.25) is 11.6 Å². The minimum Gasteiger partial charge on any atom is -0.349 e. The fourth-order valence-electron chi connectivity index (χ4n) is 2.19. The molecule has 0 bridgehead atoms. The maximum atomic E-state index is 11.7. The van der Waals surface area contributed by atoms with Crippen LogP contribution >= 0.6 is 22.6 Å². The van der Waals surface area contributed by atoms with E-state index >= 15 is 0 Å². The molecule has 5 nitrogen and oxygen atoms in total. The van der Waals surface area contributed by atoms with Crippen LogP contribution in [0.5, 0.6) is 0 Å². The molecule has 0 saturated carbocycles. The van der Waals surface area contributed by atoms with E-state index in [0.29, 0.717) is 10.0 Å². The number of carbonyl (C=O) groups excluding carboxylic acids is 1. The van der Waals surface area contributed by atoms with Gasteiger partial charge in [0, 0.05) is 20.6 Å². The van der Waals surface area contributed by atoms with Crippen molar-refractivity contribution in [3.05, 3.63) is 9.66 Å². The molecule has 0 spiro atoms. The molecule has 1 aliphatic carbocycles. The zero-order valence-electron chi connectivity index (χ0n) is 10.9. The summed E-state index contributed by atoms with van der Waals surface area (Å²) < 4.78 is 23.3. The van der Waals surface area contributed by atoms with Crippen LogP contribution in [0.1, 0.15) is 20.3 Å². The third kappa shape index (κ3) is 2.14. The van der Waals surface area contributed by atoms with Gasteiger partial charge in [0.15, 0.2) is 5.78 Å². The Hall–Kier alpha value is -0.0200. The number of halogens is 1. The van der Waals surface area contributed by atoms with Gasteiger partial charge in [-0.05, 0) is 42.5 Å². The molecule has 0 amide bonds. The number of ketones is 1. The molecular weight excluding hydrogens is 351 g/mol. The highest BCUT2D eigenvalue weighted by Gasteiger charge is 2.57. The highest BCUT2D eigenvalue weighted by atomic mass is 127. The van der Waals surface area contributed by atoms with Gasteiger partial charge >= 0.3 is 0 Å². The molecule has 1 fully saturated rings. The van der Waals surface area contributed by atoms with Gasteiger partial charge in [-0.2, -0.15) is 0 Å². The molecule has 4 atom stereocenters. The Morgan fingerprint density at radius 2 is 1.83 bits per heavy atom. The predicted octanol–water partition coefficient (Wildman–Crippen LogP) is 1.79. The number of carbonyl (C=O) groups is 1. The van der Waals surface area contributed by atoms with Gasteiger partial charge < -0.3 is 18.9 Å². The van der Waals surface area contributed by atoms with Gasteiger partial charge in [-0.1, -0.05) is 0 Å². The summed E-state index contributed by atoms with van der Waals surface area (Å²) in [5.74, 6) is -1.99. The summed E-state index contributed by atoms with van der Waals surface area (Å²) in [6.07, 6.45) is 1.47. The van der Waals surface area contributed by atoms with Crippen LogP contribution in [0.3, 0.4) is 0 Å². The van der Waals surface area contributed by atoms with Crippen molar-refractivity contribution < 1.29 is 23.7 Å². The smallest absolute Gasteiger partial charge is 0.220 e. The average molecular weight is 368 g/mol. The van der Waals surface area contributed by atoms with Gasteiger partial charge in [0.25, 0.3) is 0 Å². The predicted molar refractivity (Wildman–Crippen MR) is 72.3 cm³/mol. The lowest BCUT2D eigenvalue weighted by Gasteiger charge is -2.52. The molecule has 1 heterocycles. The van der Waals surface area contributed by atoms with Gasteiger partial charge in [0.1, 0.15) is 6.10 Å². The quantitative estimate of drug-likeness (QED) is 0.696. The van der Waals surface area contributed by atoms with Crippen molar-refractivity contribution in [2.75, 3.05) is 14.2 Å². The van der Waals surface area contributed by atoms with Crippen molar-refractivity contribution in [3.63, 3.8) is 0 Å². The van der Waals surface area contributed by atoms with E-state index in [1.54, 1.807) is 27.0 Å². The third-order valence-electron chi connectivity index (χ3n) is 3.67. The average Bonchev–Trinajstić information content (AvgIpc) is 2.33. The monoisotopic (exact) mass is 368 g/mol. The zero-order chi connectivity index (χ0) is 13.6. The summed E-state index contributed by atoms with van der Waals surface area (Å²) in [4.78, 5) is 11.7. The Bertz CT molecular complexity index is 396. The maximum absolute atomic E-state index is 11.7. The molecule has 0 aromatic rings. The summed E-state index contributed by atoms with van der Waals surface area (Å²) >= 11 is 2.02. The lowest BCUT2D eigenvalue weighted by atomic mass is 9.96. The maximum Gasteiger partial charge on any atom is 0.220 e. The highest BCUT2D eigenvalue weighted by Crippen LogP contribution is 2.42. The van der Waals surface area contributed by atoms with Crippen LogP contribution in [0, 0.1) is 0 Å². The zero-order valence-corrected chi connectivity index (χ0v) is 13.0. The van der Waals surface area contributed by atoms with Gasteiger partial charge in [-0.25, -0.2) is 0 Å². The number of ether oxygens (including phenoxy) is 4. The normalized spacial score (nSPS) is 44.5. The first kappa shape index (κ1) is 14.4. The van der Waals surface area contributed by atoms with E-state index < -0.39 is 11.6 Å². The molecule has 0 aromatic heterocycles. The van der Waals surface area contributed by atoms with Crippen molar-refractivity contribution in [3.8, 4) is 0 Å². The minimum absolute atomic E-state index is 0.0694. The fourth-order valence-corrected chi connectivity index (χ4v) is 2.76. The first-order valence-electron chi connectivity index (χ1n) is 5.71. The van der Waals surface area contributed by atoms with Crippen LogP contribution in [0.2, 0.25) is 0 Å². The number of allylic oxidation sites excluding steroid dienone is 1. The molecule has 18 heavy (non-hydrogen) atoms. The minimum atomic E-state index is -1.04. The van der Waals surface area contributed by atoms with Gasteiger partial charge in [0.05, 0.1) is 9.68 Å².